The van der Waals surface area contributed by atoms with Gasteiger partial charge in [-0.1, -0.05) is 53.8 Å². The first-order valence-electron chi connectivity index (χ1n) is 6.32. The zero-order valence-corrected chi connectivity index (χ0v) is 11.6. The van der Waals surface area contributed by atoms with Gasteiger partial charge in [-0.05, 0) is 23.3 Å². The van der Waals surface area contributed by atoms with Crippen molar-refractivity contribution in [1.82, 2.24) is 4.57 Å². The van der Waals surface area contributed by atoms with Crippen LogP contribution >= 0.6 is 11.3 Å². The fourth-order valence-electron chi connectivity index (χ4n) is 2.12. The van der Waals surface area contributed by atoms with Crippen molar-refractivity contribution in [2.45, 2.75) is 6.54 Å². The van der Waals surface area contributed by atoms with Gasteiger partial charge in [-0.25, -0.2) is 0 Å². The lowest BCUT2D eigenvalue weighted by atomic mass is 10.1. The van der Waals surface area contributed by atoms with Crippen molar-refractivity contribution in [2.75, 3.05) is 5.73 Å². The van der Waals surface area contributed by atoms with Crippen LogP contribution in [0.2, 0.25) is 0 Å². The molecule has 2 aromatic carbocycles. The van der Waals surface area contributed by atoms with Crippen LogP contribution in [0, 0.1) is 0 Å². The molecule has 4 heteroatoms. The Morgan fingerprint density at radius 2 is 1.70 bits per heavy atom. The van der Waals surface area contributed by atoms with Crippen molar-refractivity contribution in [3.05, 3.63) is 75.2 Å². The van der Waals surface area contributed by atoms with Gasteiger partial charge in [0, 0.05) is 11.1 Å². The Bertz CT molecular complexity index is 757. The van der Waals surface area contributed by atoms with Crippen molar-refractivity contribution < 1.29 is 0 Å². The number of nitrogens with zero attached hydrogens (tertiary/aromatic N) is 1. The second kappa shape index (κ2) is 5.35. The van der Waals surface area contributed by atoms with Crippen LogP contribution in [-0.4, -0.2) is 4.57 Å². The van der Waals surface area contributed by atoms with Crippen LogP contribution in [0.4, 0.5) is 5.69 Å². The summed E-state index contributed by atoms with van der Waals surface area (Å²) in [6.07, 6.45) is 0. The van der Waals surface area contributed by atoms with Crippen LogP contribution in [0.15, 0.2) is 64.8 Å². The number of rotatable bonds is 3. The first-order valence-corrected chi connectivity index (χ1v) is 7.20. The number of anilines is 1. The molecule has 0 aliphatic carbocycles. The number of thiazole rings is 1. The quantitative estimate of drug-likeness (QED) is 0.750. The first kappa shape index (κ1) is 12.7. The summed E-state index contributed by atoms with van der Waals surface area (Å²) in [4.78, 5) is 12.1. The molecule has 0 aliphatic heterocycles. The maximum absolute atomic E-state index is 12.0. The maximum Gasteiger partial charge on any atom is 0.307 e. The van der Waals surface area contributed by atoms with Crippen molar-refractivity contribution >= 4 is 17.0 Å². The molecule has 0 saturated carbocycles. The minimum atomic E-state index is 0.0562. The fraction of sp³-hybridized carbons (Fsp3) is 0.0625. The van der Waals surface area contributed by atoms with E-state index in [-0.39, 0.29) is 4.87 Å². The van der Waals surface area contributed by atoms with E-state index in [0.29, 0.717) is 6.54 Å². The Balaban J connectivity index is 2.00. The van der Waals surface area contributed by atoms with Crippen molar-refractivity contribution in [1.29, 1.82) is 0 Å². The second-order valence-corrected chi connectivity index (χ2v) is 5.40. The number of benzene rings is 2. The van der Waals surface area contributed by atoms with Crippen LogP contribution < -0.4 is 10.6 Å². The minimum absolute atomic E-state index is 0.0562. The summed E-state index contributed by atoms with van der Waals surface area (Å²) in [7, 11) is 0. The van der Waals surface area contributed by atoms with Gasteiger partial charge in [0.25, 0.3) is 0 Å². The van der Waals surface area contributed by atoms with Crippen LogP contribution in [0.3, 0.4) is 0 Å². The molecular formula is C16H14N2OS. The highest BCUT2D eigenvalue weighted by Gasteiger charge is 2.09. The van der Waals surface area contributed by atoms with Crippen LogP contribution in [-0.2, 0) is 6.54 Å². The van der Waals surface area contributed by atoms with Crippen molar-refractivity contribution in [3.8, 4) is 11.3 Å². The SMILES string of the molecule is Nc1ccc(Cn2c(-c3ccccc3)csc2=O)cc1. The van der Waals surface area contributed by atoms with E-state index in [4.69, 9.17) is 5.73 Å². The van der Waals surface area contributed by atoms with E-state index in [2.05, 4.69) is 0 Å². The lowest BCUT2D eigenvalue weighted by Gasteiger charge is -2.08. The Morgan fingerprint density at radius 3 is 2.40 bits per heavy atom. The standard InChI is InChI=1S/C16H14N2OS/c17-14-8-6-12(7-9-14)10-18-15(11-20-16(18)19)13-4-2-1-3-5-13/h1-9,11H,10,17H2. The highest BCUT2D eigenvalue weighted by Crippen LogP contribution is 2.20. The predicted molar refractivity (Wildman–Crippen MR) is 84.0 cm³/mol. The van der Waals surface area contributed by atoms with Crippen LogP contribution in [0.25, 0.3) is 11.3 Å². The minimum Gasteiger partial charge on any atom is -0.399 e. The third kappa shape index (κ3) is 2.51. The Kier molecular flexibility index (Phi) is 3.39. The molecule has 0 saturated heterocycles. The monoisotopic (exact) mass is 282 g/mol. The largest absolute Gasteiger partial charge is 0.399 e. The molecule has 0 atom stereocenters. The van der Waals surface area contributed by atoms with E-state index < -0.39 is 0 Å². The maximum atomic E-state index is 12.0. The molecule has 100 valence electrons. The summed E-state index contributed by atoms with van der Waals surface area (Å²) in [5, 5.41) is 1.91. The smallest absolute Gasteiger partial charge is 0.307 e. The van der Waals surface area contributed by atoms with Crippen molar-refractivity contribution in [2.24, 2.45) is 0 Å². The summed E-state index contributed by atoms with van der Waals surface area (Å²) in [6.45, 7) is 0.562. The molecular weight excluding hydrogens is 268 g/mol. The average molecular weight is 282 g/mol. The van der Waals surface area contributed by atoms with Crippen LogP contribution in [0.1, 0.15) is 5.56 Å². The van der Waals surface area contributed by atoms with Crippen LogP contribution in [0.5, 0.6) is 0 Å². The van der Waals surface area contributed by atoms with Gasteiger partial charge in [0.2, 0.25) is 0 Å². The van der Waals surface area contributed by atoms with Gasteiger partial charge in [-0.3, -0.25) is 9.36 Å². The number of nitrogens with two attached hydrogens (primary N) is 1. The van der Waals surface area contributed by atoms with E-state index in [1.54, 1.807) is 4.57 Å². The van der Waals surface area contributed by atoms with E-state index in [1.165, 1.54) is 11.3 Å². The summed E-state index contributed by atoms with van der Waals surface area (Å²) in [5.74, 6) is 0. The zero-order valence-electron chi connectivity index (χ0n) is 10.8. The van der Waals surface area contributed by atoms with Gasteiger partial charge in [0.15, 0.2) is 0 Å². The topological polar surface area (TPSA) is 48.0 Å². The highest BCUT2D eigenvalue weighted by atomic mass is 32.1. The van der Waals surface area contributed by atoms with E-state index in [0.717, 1.165) is 22.5 Å². The third-order valence-corrected chi connectivity index (χ3v) is 3.94. The molecule has 0 bridgehead atoms. The molecule has 3 aromatic rings. The summed E-state index contributed by atoms with van der Waals surface area (Å²) >= 11 is 1.23. The van der Waals surface area contributed by atoms with Gasteiger partial charge in [0.1, 0.15) is 0 Å². The average Bonchev–Trinajstić information content (AvgIpc) is 2.84. The Hall–Kier alpha value is -2.33. The number of hydrogen-bond donors (Lipinski definition) is 1. The third-order valence-electron chi connectivity index (χ3n) is 3.17. The molecule has 3 rings (SSSR count). The highest BCUT2D eigenvalue weighted by molar-refractivity contribution is 7.07. The number of aromatic nitrogens is 1. The first-order chi connectivity index (χ1) is 9.74. The molecule has 0 fully saturated rings. The molecule has 1 aromatic heterocycles. The van der Waals surface area contributed by atoms with Gasteiger partial charge in [0.05, 0.1) is 12.2 Å². The van der Waals surface area contributed by atoms with E-state index >= 15 is 0 Å². The van der Waals surface area contributed by atoms with Gasteiger partial charge < -0.3 is 5.73 Å². The molecule has 20 heavy (non-hydrogen) atoms. The summed E-state index contributed by atoms with van der Waals surface area (Å²) in [5.41, 5.74) is 9.49. The summed E-state index contributed by atoms with van der Waals surface area (Å²) < 4.78 is 1.80. The van der Waals surface area contributed by atoms with E-state index in [9.17, 15) is 4.79 Å². The molecule has 3 nitrogen and oxygen atoms in total. The molecule has 0 spiro atoms. The van der Waals surface area contributed by atoms with Gasteiger partial charge in [-0.15, -0.1) is 0 Å². The molecule has 0 amide bonds. The summed E-state index contributed by atoms with van der Waals surface area (Å²) in [6, 6.07) is 17.6. The normalized spacial score (nSPS) is 10.6. The fourth-order valence-corrected chi connectivity index (χ4v) is 2.89. The van der Waals surface area contributed by atoms with Gasteiger partial charge >= 0.3 is 4.87 Å². The number of hydrogen-bond acceptors (Lipinski definition) is 3. The zero-order chi connectivity index (χ0) is 13.9. The Morgan fingerprint density at radius 1 is 1.00 bits per heavy atom. The van der Waals surface area contributed by atoms with E-state index in [1.807, 2.05) is 60.0 Å². The van der Waals surface area contributed by atoms with Crippen molar-refractivity contribution in [3.63, 3.8) is 0 Å². The Labute approximate surface area is 120 Å². The molecule has 0 aliphatic rings. The van der Waals surface area contributed by atoms with Gasteiger partial charge in [-0.2, -0.15) is 0 Å². The molecule has 0 unspecified atom stereocenters. The predicted octanol–water partition coefficient (Wildman–Crippen LogP) is 3.21. The second-order valence-electron chi connectivity index (χ2n) is 4.58. The molecule has 1 heterocycles. The molecule has 2 N–H and O–H groups in total. The number of nitrogen functional groups attached to an aromatic ring is 1. The molecule has 0 radical (unpaired) electrons. The lowest BCUT2D eigenvalue weighted by molar-refractivity contribution is 0.792. The lowest BCUT2D eigenvalue weighted by Crippen LogP contribution is -2.15.